The van der Waals surface area contributed by atoms with Crippen molar-refractivity contribution in [3.8, 4) is 0 Å². The third-order valence-corrected chi connectivity index (χ3v) is 3.61. The van der Waals surface area contributed by atoms with Crippen molar-refractivity contribution < 1.29 is 4.39 Å². The predicted molar refractivity (Wildman–Crippen MR) is 66.8 cm³/mol. The van der Waals surface area contributed by atoms with E-state index in [1.807, 2.05) is 6.07 Å². The van der Waals surface area contributed by atoms with Gasteiger partial charge in [0.25, 0.3) is 0 Å². The number of rotatable bonds is 3. The van der Waals surface area contributed by atoms with Gasteiger partial charge in [-0.1, -0.05) is 6.07 Å². The summed E-state index contributed by atoms with van der Waals surface area (Å²) in [6, 6.07) is 5.82. The molecule has 1 saturated heterocycles. The monoisotopic (exact) mass is 286 g/mol. The van der Waals surface area contributed by atoms with Gasteiger partial charge in [0.15, 0.2) is 0 Å². The molecule has 1 aliphatic rings. The van der Waals surface area contributed by atoms with Crippen LogP contribution in [0.5, 0.6) is 0 Å². The van der Waals surface area contributed by atoms with Gasteiger partial charge in [-0.05, 0) is 53.6 Å². The first-order chi connectivity index (χ1) is 7.65. The number of nitrogens with zero attached hydrogens (tertiary/aromatic N) is 1. The summed E-state index contributed by atoms with van der Waals surface area (Å²) in [5, 5.41) is 3.45. The number of hydrogen-bond acceptors (Lipinski definition) is 2. The molecular formula is C12H16BrFN2. The smallest absolute Gasteiger partial charge is 0.137 e. The molecule has 16 heavy (non-hydrogen) atoms. The minimum Gasteiger partial charge on any atom is -0.309 e. The van der Waals surface area contributed by atoms with Crippen molar-refractivity contribution in [1.29, 1.82) is 0 Å². The zero-order valence-corrected chi connectivity index (χ0v) is 10.9. The Morgan fingerprint density at radius 2 is 2.38 bits per heavy atom. The lowest BCUT2D eigenvalue weighted by Crippen LogP contribution is -2.30. The van der Waals surface area contributed by atoms with Crippen molar-refractivity contribution in [3.05, 3.63) is 34.1 Å². The standard InChI is InChI=1S/C12H16BrFN2/c1-16-5-4-10(8-16)15-7-9-2-3-11(13)12(14)6-9/h2-3,6,10,15H,4-5,7-8H2,1H3. The van der Waals surface area contributed by atoms with Gasteiger partial charge in [0.05, 0.1) is 4.47 Å². The maximum absolute atomic E-state index is 13.3. The summed E-state index contributed by atoms with van der Waals surface area (Å²) >= 11 is 3.15. The zero-order chi connectivity index (χ0) is 11.5. The molecule has 0 saturated carbocycles. The van der Waals surface area contributed by atoms with E-state index >= 15 is 0 Å². The second kappa shape index (κ2) is 5.25. The molecule has 1 N–H and O–H groups in total. The number of halogens is 2. The van der Waals surface area contributed by atoms with E-state index in [1.54, 1.807) is 12.1 Å². The molecule has 0 spiro atoms. The summed E-state index contributed by atoms with van der Waals surface area (Å²) in [7, 11) is 2.13. The molecule has 4 heteroatoms. The van der Waals surface area contributed by atoms with E-state index in [1.165, 1.54) is 6.42 Å². The highest BCUT2D eigenvalue weighted by Crippen LogP contribution is 2.16. The van der Waals surface area contributed by atoms with Crippen LogP contribution in [0.2, 0.25) is 0 Å². The summed E-state index contributed by atoms with van der Waals surface area (Å²) in [6.07, 6.45) is 1.18. The molecule has 1 atom stereocenters. The van der Waals surface area contributed by atoms with E-state index in [0.717, 1.165) is 25.2 Å². The lowest BCUT2D eigenvalue weighted by atomic mass is 10.2. The lowest BCUT2D eigenvalue weighted by Gasteiger charge is -2.12. The molecule has 0 aromatic heterocycles. The first-order valence-corrected chi connectivity index (χ1v) is 6.30. The Bertz CT molecular complexity index is 370. The average Bonchev–Trinajstić information content (AvgIpc) is 2.66. The summed E-state index contributed by atoms with van der Waals surface area (Å²) in [4.78, 5) is 2.31. The topological polar surface area (TPSA) is 15.3 Å². The second-order valence-corrected chi connectivity index (χ2v) is 5.23. The maximum Gasteiger partial charge on any atom is 0.137 e. The normalized spacial score (nSPS) is 21.6. The van der Waals surface area contributed by atoms with Crippen molar-refractivity contribution in [2.75, 3.05) is 20.1 Å². The summed E-state index contributed by atoms with van der Waals surface area (Å²) in [5.74, 6) is -0.192. The lowest BCUT2D eigenvalue weighted by molar-refractivity contribution is 0.397. The van der Waals surface area contributed by atoms with Crippen LogP contribution in [-0.4, -0.2) is 31.1 Å². The fourth-order valence-corrected chi connectivity index (χ4v) is 2.26. The Hall–Kier alpha value is -0.450. The van der Waals surface area contributed by atoms with E-state index in [-0.39, 0.29) is 5.82 Å². The van der Waals surface area contributed by atoms with Crippen molar-refractivity contribution in [2.24, 2.45) is 0 Å². The number of likely N-dealkylation sites (tertiary alicyclic amines) is 1. The van der Waals surface area contributed by atoms with Gasteiger partial charge < -0.3 is 10.2 Å². The molecule has 2 rings (SSSR count). The predicted octanol–water partition coefficient (Wildman–Crippen LogP) is 2.38. The Balaban J connectivity index is 1.87. The van der Waals surface area contributed by atoms with Crippen molar-refractivity contribution >= 4 is 15.9 Å². The largest absolute Gasteiger partial charge is 0.309 e. The fourth-order valence-electron chi connectivity index (χ4n) is 2.01. The molecule has 0 amide bonds. The summed E-state index contributed by atoms with van der Waals surface area (Å²) in [6.45, 7) is 2.97. The Kier molecular flexibility index (Phi) is 3.95. The van der Waals surface area contributed by atoms with Crippen LogP contribution >= 0.6 is 15.9 Å². The summed E-state index contributed by atoms with van der Waals surface area (Å²) in [5.41, 5.74) is 0.996. The van der Waals surface area contributed by atoms with Crippen LogP contribution in [0.4, 0.5) is 4.39 Å². The molecule has 0 radical (unpaired) electrons. The van der Waals surface area contributed by atoms with Gasteiger partial charge in [0.1, 0.15) is 5.82 Å². The van der Waals surface area contributed by atoms with Crippen LogP contribution < -0.4 is 5.32 Å². The molecule has 2 nitrogen and oxygen atoms in total. The quantitative estimate of drug-likeness (QED) is 0.918. The van der Waals surface area contributed by atoms with E-state index in [9.17, 15) is 4.39 Å². The van der Waals surface area contributed by atoms with Gasteiger partial charge >= 0.3 is 0 Å². The third kappa shape index (κ3) is 3.03. The zero-order valence-electron chi connectivity index (χ0n) is 9.34. The molecule has 1 aromatic carbocycles. The molecule has 1 fully saturated rings. The highest BCUT2D eigenvalue weighted by atomic mass is 79.9. The molecule has 1 aromatic rings. The number of likely N-dealkylation sites (N-methyl/N-ethyl adjacent to an activating group) is 1. The molecule has 1 aliphatic heterocycles. The average molecular weight is 287 g/mol. The molecule has 0 bridgehead atoms. The molecule has 1 unspecified atom stereocenters. The maximum atomic E-state index is 13.3. The SMILES string of the molecule is CN1CCC(NCc2ccc(Br)c(F)c2)C1. The van der Waals surface area contributed by atoms with E-state index in [2.05, 4.69) is 33.2 Å². The van der Waals surface area contributed by atoms with E-state index in [4.69, 9.17) is 0 Å². The van der Waals surface area contributed by atoms with Crippen LogP contribution in [0.1, 0.15) is 12.0 Å². The van der Waals surface area contributed by atoms with Gasteiger partial charge in [0.2, 0.25) is 0 Å². The van der Waals surface area contributed by atoms with Crippen molar-refractivity contribution in [2.45, 2.75) is 19.0 Å². The highest BCUT2D eigenvalue weighted by Gasteiger charge is 2.18. The Morgan fingerprint density at radius 3 is 3.00 bits per heavy atom. The number of nitrogens with one attached hydrogen (secondary N) is 1. The second-order valence-electron chi connectivity index (χ2n) is 4.38. The highest BCUT2D eigenvalue weighted by molar-refractivity contribution is 9.10. The Morgan fingerprint density at radius 1 is 1.56 bits per heavy atom. The number of benzene rings is 1. The molecule has 88 valence electrons. The molecular weight excluding hydrogens is 271 g/mol. The fraction of sp³-hybridized carbons (Fsp3) is 0.500. The minimum atomic E-state index is -0.192. The first-order valence-electron chi connectivity index (χ1n) is 5.51. The summed E-state index contributed by atoms with van der Waals surface area (Å²) < 4.78 is 13.8. The van der Waals surface area contributed by atoms with E-state index in [0.29, 0.717) is 10.5 Å². The minimum absolute atomic E-state index is 0.192. The third-order valence-electron chi connectivity index (χ3n) is 2.97. The van der Waals surface area contributed by atoms with Gasteiger partial charge in [-0.3, -0.25) is 0 Å². The van der Waals surface area contributed by atoms with Crippen LogP contribution in [0.15, 0.2) is 22.7 Å². The van der Waals surface area contributed by atoms with Crippen molar-refractivity contribution in [3.63, 3.8) is 0 Å². The van der Waals surface area contributed by atoms with Crippen LogP contribution in [0, 0.1) is 5.82 Å². The van der Waals surface area contributed by atoms with Crippen LogP contribution in [0.25, 0.3) is 0 Å². The molecule has 0 aliphatic carbocycles. The van der Waals surface area contributed by atoms with Gasteiger partial charge in [-0.2, -0.15) is 0 Å². The van der Waals surface area contributed by atoms with Gasteiger partial charge in [-0.25, -0.2) is 4.39 Å². The van der Waals surface area contributed by atoms with Gasteiger partial charge in [-0.15, -0.1) is 0 Å². The van der Waals surface area contributed by atoms with Crippen LogP contribution in [-0.2, 0) is 6.54 Å². The van der Waals surface area contributed by atoms with Gasteiger partial charge in [0, 0.05) is 19.1 Å². The number of hydrogen-bond donors (Lipinski definition) is 1. The van der Waals surface area contributed by atoms with E-state index < -0.39 is 0 Å². The Labute approximate surface area is 104 Å². The first kappa shape index (κ1) is 12.0. The van der Waals surface area contributed by atoms with Crippen molar-refractivity contribution in [1.82, 2.24) is 10.2 Å². The molecule has 1 heterocycles. The van der Waals surface area contributed by atoms with Crippen LogP contribution in [0.3, 0.4) is 0 Å².